The van der Waals surface area contributed by atoms with E-state index in [4.69, 9.17) is 4.98 Å². The Hall–Kier alpha value is -4.09. The molecule has 0 spiro atoms. The number of aromatic nitrogens is 3. The van der Waals surface area contributed by atoms with Crippen LogP contribution in [0.1, 0.15) is 47.7 Å². The lowest BCUT2D eigenvalue weighted by molar-refractivity contribution is 0.112. The fourth-order valence-corrected chi connectivity index (χ4v) is 5.91. The molecule has 1 atom stereocenters. The molecule has 4 aromatic rings. The van der Waals surface area contributed by atoms with Crippen LogP contribution in [0.5, 0.6) is 5.75 Å². The normalized spacial score (nSPS) is 14.2. The molecular weight excluding hydrogens is 552 g/mol. The highest BCUT2D eigenvalue weighted by Crippen LogP contribution is 2.37. The number of rotatable bonds is 12. The van der Waals surface area contributed by atoms with E-state index in [9.17, 15) is 18.7 Å². The Kier molecular flexibility index (Phi) is 8.98. The maximum Gasteiger partial charge on any atom is 0.227 e. The molecule has 1 aliphatic rings. The number of nitrogens with zero attached hydrogens (tertiary/aromatic N) is 5. The van der Waals surface area contributed by atoms with Crippen molar-refractivity contribution in [2.75, 3.05) is 47.6 Å². The van der Waals surface area contributed by atoms with Gasteiger partial charge in [0, 0.05) is 55.9 Å². The Bertz CT molecular complexity index is 1610. The van der Waals surface area contributed by atoms with E-state index in [1.54, 1.807) is 18.3 Å². The van der Waals surface area contributed by atoms with Crippen LogP contribution in [0.15, 0.2) is 54.9 Å². The molecule has 0 radical (unpaired) electrons. The van der Waals surface area contributed by atoms with Crippen molar-refractivity contribution < 1.29 is 18.7 Å². The van der Waals surface area contributed by atoms with E-state index in [0.717, 1.165) is 35.1 Å². The number of nitrogens with one attached hydrogen (secondary N) is 1. The first-order valence-electron chi connectivity index (χ1n) is 14.0. The van der Waals surface area contributed by atoms with Crippen LogP contribution in [0.3, 0.4) is 0 Å². The van der Waals surface area contributed by atoms with Crippen LogP contribution in [0.25, 0.3) is 10.8 Å². The molecule has 2 aromatic heterocycles. The number of phenols is 1. The van der Waals surface area contributed by atoms with Gasteiger partial charge in [0.05, 0.1) is 5.56 Å². The summed E-state index contributed by atoms with van der Waals surface area (Å²) in [5.74, 6) is 2.68. The molecule has 10 nitrogen and oxygen atoms in total. The monoisotopic (exact) mass is 587 g/mol. The number of aromatic hydroxyl groups is 1. The molecule has 2 N–H and O–H groups in total. The maximum absolute atomic E-state index is 11.4. The molecule has 42 heavy (non-hydrogen) atoms. The second-order valence-electron chi connectivity index (χ2n) is 11.0. The van der Waals surface area contributed by atoms with E-state index in [1.807, 2.05) is 24.2 Å². The van der Waals surface area contributed by atoms with E-state index in [1.165, 1.54) is 11.6 Å². The Morgan fingerprint density at radius 2 is 1.98 bits per heavy atom. The van der Waals surface area contributed by atoms with Gasteiger partial charge in [-0.3, -0.25) is 9.00 Å². The molecular formula is C31H35N6O4S-. The van der Waals surface area contributed by atoms with Crippen molar-refractivity contribution in [2.45, 2.75) is 32.6 Å². The van der Waals surface area contributed by atoms with Crippen LogP contribution in [-0.2, 0) is 17.5 Å². The fourth-order valence-electron chi connectivity index (χ4n) is 5.38. The predicted molar refractivity (Wildman–Crippen MR) is 166 cm³/mol. The SMILES string of the molecule is CC(C)c1ccc(N2CC(CCS(=O)[O-])C2)c2cnc(Nc3ccnc(N(C)CCc4cccc(O)c4C=O)n3)cc12. The van der Waals surface area contributed by atoms with Gasteiger partial charge >= 0.3 is 0 Å². The topological polar surface area (TPSA) is 135 Å². The molecule has 3 heterocycles. The van der Waals surface area contributed by atoms with E-state index in [0.29, 0.717) is 60.7 Å². The van der Waals surface area contributed by atoms with E-state index in [2.05, 4.69) is 52.2 Å². The van der Waals surface area contributed by atoms with Crippen LogP contribution in [-0.4, -0.2) is 67.5 Å². The van der Waals surface area contributed by atoms with Crippen molar-refractivity contribution in [2.24, 2.45) is 5.92 Å². The summed E-state index contributed by atoms with van der Waals surface area (Å²) >= 11 is -1.99. The van der Waals surface area contributed by atoms with Crippen molar-refractivity contribution in [3.8, 4) is 5.75 Å². The zero-order chi connectivity index (χ0) is 29.8. The minimum atomic E-state index is -1.99. The molecule has 5 rings (SSSR count). The van der Waals surface area contributed by atoms with Crippen LogP contribution >= 0.6 is 0 Å². The Morgan fingerprint density at radius 1 is 1.17 bits per heavy atom. The standard InChI is InChI=1S/C31H36N6O4S/c1-20(2)23-7-8-27(37-17-21(18-37)11-14-42(40)41)25-16-33-30(15-24(23)25)34-29-9-12-32-31(35-29)36(3)13-10-22-5-4-6-28(39)26(22)19-38/h4-9,12,15-16,19-21,39H,10-11,13-14,17-18H2,1-3H3,(H,40,41)(H,32,33,34,35)/p-1. The van der Waals surface area contributed by atoms with Crippen molar-refractivity contribution >= 4 is 51.4 Å². The van der Waals surface area contributed by atoms with Crippen LogP contribution in [0.4, 0.5) is 23.3 Å². The molecule has 220 valence electrons. The summed E-state index contributed by atoms with van der Waals surface area (Å²) in [6.07, 6.45) is 5.49. The summed E-state index contributed by atoms with van der Waals surface area (Å²) in [7, 11) is 1.88. The molecule has 1 saturated heterocycles. The molecule has 11 heteroatoms. The van der Waals surface area contributed by atoms with Gasteiger partial charge < -0.3 is 24.8 Å². The molecule has 1 fully saturated rings. The third-order valence-corrected chi connectivity index (χ3v) is 8.34. The number of likely N-dealkylation sites (N-methyl/N-ethyl adjacent to an activating group) is 1. The number of anilines is 4. The van der Waals surface area contributed by atoms with Gasteiger partial charge in [0.25, 0.3) is 0 Å². The van der Waals surface area contributed by atoms with Crippen LogP contribution < -0.4 is 15.1 Å². The van der Waals surface area contributed by atoms with Crippen molar-refractivity contribution in [3.05, 3.63) is 71.5 Å². The van der Waals surface area contributed by atoms with Gasteiger partial charge in [-0.05, 0) is 65.5 Å². The van der Waals surface area contributed by atoms with Gasteiger partial charge in [-0.25, -0.2) is 9.97 Å². The molecule has 0 amide bonds. The second kappa shape index (κ2) is 12.8. The summed E-state index contributed by atoms with van der Waals surface area (Å²) in [6, 6.07) is 13.2. The largest absolute Gasteiger partial charge is 0.772 e. The minimum Gasteiger partial charge on any atom is -0.772 e. The van der Waals surface area contributed by atoms with Gasteiger partial charge in [0.1, 0.15) is 17.4 Å². The lowest BCUT2D eigenvalue weighted by Crippen LogP contribution is -2.47. The third-order valence-electron chi connectivity index (χ3n) is 7.77. The number of carbonyl (C=O) groups is 1. The molecule has 0 bridgehead atoms. The van der Waals surface area contributed by atoms with E-state index >= 15 is 0 Å². The third kappa shape index (κ3) is 6.52. The van der Waals surface area contributed by atoms with Crippen LogP contribution in [0, 0.1) is 5.92 Å². The number of aldehydes is 1. The number of benzene rings is 2. The minimum absolute atomic E-state index is 0.0214. The highest BCUT2D eigenvalue weighted by molar-refractivity contribution is 7.79. The smallest absolute Gasteiger partial charge is 0.227 e. The number of pyridine rings is 1. The van der Waals surface area contributed by atoms with Crippen molar-refractivity contribution in [1.29, 1.82) is 0 Å². The summed E-state index contributed by atoms with van der Waals surface area (Å²) in [5, 5.41) is 15.5. The van der Waals surface area contributed by atoms with E-state index < -0.39 is 11.1 Å². The average Bonchev–Trinajstić information content (AvgIpc) is 2.94. The molecule has 2 aromatic carbocycles. The zero-order valence-electron chi connectivity index (χ0n) is 24.0. The number of hydrogen-bond donors (Lipinski definition) is 2. The van der Waals surface area contributed by atoms with Gasteiger partial charge in [-0.2, -0.15) is 4.98 Å². The van der Waals surface area contributed by atoms with E-state index in [-0.39, 0.29) is 11.5 Å². The molecule has 1 unspecified atom stereocenters. The number of hydrogen-bond acceptors (Lipinski definition) is 10. The zero-order valence-corrected chi connectivity index (χ0v) is 24.8. The molecule has 0 aliphatic carbocycles. The second-order valence-corrected chi connectivity index (χ2v) is 12.0. The highest BCUT2D eigenvalue weighted by atomic mass is 32.2. The summed E-state index contributed by atoms with van der Waals surface area (Å²) < 4.78 is 21.9. The quantitative estimate of drug-likeness (QED) is 0.176. The predicted octanol–water partition coefficient (Wildman–Crippen LogP) is 4.79. The summed E-state index contributed by atoms with van der Waals surface area (Å²) in [5.41, 5.74) is 3.41. The van der Waals surface area contributed by atoms with Gasteiger partial charge in [-0.1, -0.05) is 43.1 Å². The Labute approximate surface area is 248 Å². The van der Waals surface area contributed by atoms with Gasteiger partial charge in [0.15, 0.2) is 6.29 Å². The Balaban J connectivity index is 1.32. The first-order valence-corrected chi connectivity index (χ1v) is 15.3. The van der Waals surface area contributed by atoms with Gasteiger partial charge in [0.2, 0.25) is 5.95 Å². The maximum atomic E-state index is 11.4. The van der Waals surface area contributed by atoms with Gasteiger partial charge in [-0.15, -0.1) is 0 Å². The Morgan fingerprint density at radius 3 is 2.71 bits per heavy atom. The number of carbonyl (C=O) groups excluding carboxylic acids is 1. The van der Waals surface area contributed by atoms with Crippen molar-refractivity contribution in [1.82, 2.24) is 15.0 Å². The van der Waals surface area contributed by atoms with Crippen LogP contribution in [0.2, 0.25) is 0 Å². The average molecular weight is 588 g/mol. The fraction of sp³-hybridized carbons (Fsp3) is 0.355. The molecule has 1 aliphatic heterocycles. The van der Waals surface area contributed by atoms with Crippen molar-refractivity contribution in [3.63, 3.8) is 0 Å². The first-order chi connectivity index (χ1) is 20.2. The highest BCUT2D eigenvalue weighted by Gasteiger charge is 2.28. The summed E-state index contributed by atoms with van der Waals surface area (Å²) in [4.78, 5) is 29.4. The molecule has 0 saturated carbocycles. The number of fused-ring (bicyclic) bond motifs is 1. The summed E-state index contributed by atoms with van der Waals surface area (Å²) in [6.45, 7) is 6.58. The first kappa shape index (κ1) is 29.4. The lowest BCUT2D eigenvalue weighted by atomic mass is 9.92. The lowest BCUT2D eigenvalue weighted by Gasteiger charge is -2.42. The number of phenolic OH excluding ortho intramolecular Hbond substituents is 1.